The highest BCUT2D eigenvalue weighted by molar-refractivity contribution is 7.98. The first-order valence-electron chi connectivity index (χ1n) is 8.75. The molecule has 0 saturated heterocycles. The lowest BCUT2D eigenvalue weighted by Gasteiger charge is -2.18. The van der Waals surface area contributed by atoms with Gasteiger partial charge in [-0.2, -0.15) is 16.8 Å². The van der Waals surface area contributed by atoms with Crippen LogP contribution < -0.4 is 5.32 Å². The maximum absolute atomic E-state index is 12.5. The number of rotatable bonds is 7. The van der Waals surface area contributed by atoms with Gasteiger partial charge < -0.3 is 10.1 Å². The van der Waals surface area contributed by atoms with Crippen molar-refractivity contribution < 1.29 is 14.3 Å². The number of hydrazone groups is 1. The van der Waals surface area contributed by atoms with Gasteiger partial charge in [-0.1, -0.05) is 54.1 Å². The van der Waals surface area contributed by atoms with Crippen LogP contribution in [0.2, 0.25) is 5.02 Å². The minimum absolute atomic E-state index is 0.152. The molecule has 1 heterocycles. The zero-order chi connectivity index (χ0) is 19.9. The van der Waals surface area contributed by atoms with Gasteiger partial charge in [0.1, 0.15) is 0 Å². The lowest BCUT2D eigenvalue weighted by atomic mass is 10.2. The second-order valence-corrected chi connectivity index (χ2v) is 7.56. The molecule has 0 spiro atoms. The first-order valence-corrected chi connectivity index (χ1v) is 10.3. The van der Waals surface area contributed by atoms with Crippen LogP contribution in [0.3, 0.4) is 0 Å². The van der Waals surface area contributed by atoms with E-state index < -0.39 is 12.1 Å². The van der Waals surface area contributed by atoms with E-state index in [0.29, 0.717) is 17.1 Å². The van der Waals surface area contributed by atoms with Crippen molar-refractivity contribution in [1.82, 2.24) is 10.3 Å². The van der Waals surface area contributed by atoms with Crippen molar-refractivity contribution in [3.8, 4) is 0 Å². The molecule has 2 aromatic rings. The molecule has 1 unspecified atom stereocenters. The number of amides is 2. The Balaban J connectivity index is 1.53. The number of carbonyl (C=O) groups excluding carboxylic acids is 2. The third kappa shape index (κ3) is 5.05. The fourth-order valence-electron chi connectivity index (χ4n) is 2.58. The quantitative estimate of drug-likeness (QED) is 0.702. The first kappa shape index (κ1) is 20.2. The zero-order valence-corrected chi connectivity index (χ0v) is 16.9. The van der Waals surface area contributed by atoms with Crippen LogP contribution in [-0.4, -0.2) is 41.2 Å². The van der Waals surface area contributed by atoms with E-state index in [2.05, 4.69) is 22.6 Å². The predicted molar refractivity (Wildman–Crippen MR) is 111 cm³/mol. The monoisotopic (exact) mass is 417 g/mol. The van der Waals surface area contributed by atoms with Gasteiger partial charge in [0.25, 0.3) is 12.1 Å². The summed E-state index contributed by atoms with van der Waals surface area (Å²) < 4.78 is 5.64. The van der Waals surface area contributed by atoms with Crippen molar-refractivity contribution in [1.29, 1.82) is 0 Å². The van der Waals surface area contributed by atoms with E-state index in [9.17, 15) is 9.59 Å². The number of hydrogen-bond acceptors (Lipinski definition) is 5. The summed E-state index contributed by atoms with van der Waals surface area (Å²) in [5, 5.41) is 8.40. The molecule has 1 aliphatic rings. The Morgan fingerprint density at radius 3 is 2.61 bits per heavy atom. The molecule has 0 aromatic heterocycles. The summed E-state index contributed by atoms with van der Waals surface area (Å²) in [7, 11) is 0. The third-order valence-electron chi connectivity index (χ3n) is 3.95. The van der Waals surface area contributed by atoms with Crippen LogP contribution in [0.15, 0.2) is 59.7 Å². The molecule has 8 heteroatoms. The molecule has 0 radical (unpaired) electrons. The van der Waals surface area contributed by atoms with Gasteiger partial charge in [-0.05, 0) is 17.7 Å². The van der Waals surface area contributed by atoms with E-state index in [1.165, 1.54) is 12.5 Å². The highest BCUT2D eigenvalue weighted by Crippen LogP contribution is 2.23. The van der Waals surface area contributed by atoms with Gasteiger partial charge in [0, 0.05) is 25.0 Å². The minimum Gasteiger partial charge on any atom is -0.440 e. The maximum Gasteiger partial charge on any atom is 0.284 e. The molecule has 1 N–H and O–H groups in total. The maximum atomic E-state index is 12.5. The van der Waals surface area contributed by atoms with Crippen molar-refractivity contribution in [2.24, 2.45) is 5.10 Å². The molecule has 0 aliphatic carbocycles. The molecular weight excluding hydrogens is 398 g/mol. The Labute approximate surface area is 172 Å². The summed E-state index contributed by atoms with van der Waals surface area (Å²) in [4.78, 5) is 24.4. The van der Waals surface area contributed by atoms with E-state index in [1.807, 2.05) is 18.2 Å². The molecule has 2 aromatic carbocycles. The first-order chi connectivity index (χ1) is 13.6. The van der Waals surface area contributed by atoms with Gasteiger partial charge in [-0.15, -0.1) is 5.10 Å². The van der Waals surface area contributed by atoms with Crippen LogP contribution >= 0.6 is 23.4 Å². The van der Waals surface area contributed by atoms with Crippen LogP contribution in [-0.2, 0) is 20.1 Å². The van der Waals surface area contributed by atoms with Gasteiger partial charge in [0.05, 0.1) is 10.6 Å². The SMILES string of the molecule is CC(=O)N1N=C(c2ccccc2Cl)OC1C(=O)NCCSCc1ccccc1. The van der Waals surface area contributed by atoms with Crippen molar-refractivity contribution in [2.75, 3.05) is 12.3 Å². The minimum atomic E-state index is -1.14. The molecule has 0 fully saturated rings. The topological polar surface area (TPSA) is 71.0 Å². The summed E-state index contributed by atoms with van der Waals surface area (Å²) in [5.74, 6) is 0.961. The number of nitrogens with one attached hydrogen (secondary N) is 1. The van der Waals surface area contributed by atoms with E-state index >= 15 is 0 Å². The standard InChI is InChI=1S/C20H20ClN3O3S/c1-14(25)24-20(27-19(23-24)16-9-5-6-10-17(16)21)18(26)22-11-12-28-13-15-7-3-2-4-8-15/h2-10,20H,11-13H2,1H3,(H,22,26). The second kappa shape index (κ2) is 9.61. The number of hydrogen-bond donors (Lipinski definition) is 1. The van der Waals surface area contributed by atoms with Gasteiger partial charge >= 0.3 is 0 Å². The summed E-state index contributed by atoms with van der Waals surface area (Å²) in [6, 6.07) is 17.1. The third-order valence-corrected chi connectivity index (χ3v) is 5.31. The molecule has 0 saturated carbocycles. The molecule has 28 heavy (non-hydrogen) atoms. The van der Waals surface area contributed by atoms with Crippen molar-refractivity contribution in [2.45, 2.75) is 18.9 Å². The van der Waals surface area contributed by atoms with E-state index in [4.69, 9.17) is 16.3 Å². The van der Waals surface area contributed by atoms with Gasteiger partial charge in [-0.3, -0.25) is 9.59 Å². The van der Waals surface area contributed by atoms with Crippen LogP contribution in [0.25, 0.3) is 0 Å². The molecule has 1 aliphatic heterocycles. The Morgan fingerprint density at radius 2 is 1.89 bits per heavy atom. The summed E-state index contributed by atoms with van der Waals surface area (Å²) in [6.45, 7) is 1.79. The van der Waals surface area contributed by atoms with E-state index in [1.54, 1.807) is 36.0 Å². The van der Waals surface area contributed by atoms with Gasteiger partial charge in [0.2, 0.25) is 11.8 Å². The highest BCUT2D eigenvalue weighted by Gasteiger charge is 2.37. The summed E-state index contributed by atoms with van der Waals surface area (Å²) in [6.07, 6.45) is -1.14. The molecule has 1 atom stereocenters. The Hall–Kier alpha value is -2.51. The van der Waals surface area contributed by atoms with Crippen molar-refractivity contribution in [3.63, 3.8) is 0 Å². The average Bonchev–Trinajstić information content (AvgIpc) is 3.14. The molecule has 146 valence electrons. The van der Waals surface area contributed by atoms with Crippen LogP contribution in [0.5, 0.6) is 0 Å². The number of nitrogens with zero attached hydrogens (tertiary/aromatic N) is 2. The molecule has 6 nitrogen and oxygen atoms in total. The fraction of sp³-hybridized carbons (Fsp3) is 0.250. The lowest BCUT2D eigenvalue weighted by molar-refractivity contribution is -0.146. The zero-order valence-electron chi connectivity index (χ0n) is 15.3. The summed E-state index contributed by atoms with van der Waals surface area (Å²) in [5.41, 5.74) is 1.77. The van der Waals surface area contributed by atoms with Gasteiger partial charge in [0.15, 0.2) is 0 Å². The summed E-state index contributed by atoms with van der Waals surface area (Å²) >= 11 is 7.88. The molecule has 3 rings (SSSR count). The Morgan fingerprint density at radius 1 is 1.18 bits per heavy atom. The number of carbonyl (C=O) groups is 2. The molecular formula is C20H20ClN3O3S. The van der Waals surface area contributed by atoms with Crippen LogP contribution in [0, 0.1) is 0 Å². The lowest BCUT2D eigenvalue weighted by Crippen LogP contribution is -2.45. The second-order valence-electron chi connectivity index (χ2n) is 6.05. The number of benzene rings is 2. The fourth-order valence-corrected chi connectivity index (χ4v) is 3.62. The smallest absolute Gasteiger partial charge is 0.284 e. The normalized spacial score (nSPS) is 15.7. The van der Waals surface area contributed by atoms with E-state index in [0.717, 1.165) is 16.5 Å². The van der Waals surface area contributed by atoms with Gasteiger partial charge in [-0.25, -0.2) is 0 Å². The average molecular weight is 418 g/mol. The highest BCUT2D eigenvalue weighted by atomic mass is 35.5. The van der Waals surface area contributed by atoms with Crippen LogP contribution in [0.4, 0.5) is 0 Å². The van der Waals surface area contributed by atoms with E-state index in [-0.39, 0.29) is 11.8 Å². The molecule has 0 bridgehead atoms. The predicted octanol–water partition coefficient (Wildman–Crippen LogP) is 3.26. The Bertz CT molecular complexity index is 876. The Kier molecular flexibility index (Phi) is 6.95. The number of ether oxygens (including phenoxy) is 1. The number of halogens is 1. The van der Waals surface area contributed by atoms with Crippen molar-refractivity contribution >= 4 is 41.1 Å². The largest absolute Gasteiger partial charge is 0.440 e. The van der Waals surface area contributed by atoms with Crippen molar-refractivity contribution in [3.05, 3.63) is 70.7 Å². The van der Waals surface area contributed by atoms with Crippen LogP contribution in [0.1, 0.15) is 18.1 Å². The number of thioether (sulfide) groups is 1. The molecule has 2 amide bonds.